The van der Waals surface area contributed by atoms with Crippen LogP contribution >= 0.6 is 0 Å². The molecule has 5 atom stereocenters. The van der Waals surface area contributed by atoms with Crippen LogP contribution in [0.1, 0.15) is 57.8 Å². The average molecular weight is 825 g/mol. The van der Waals surface area contributed by atoms with E-state index in [2.05, 4.69) is 58.0 Å². The van der Waals surface area contributed by atoms with Crippen LogP contribution in [0.3, 0.4) is 0 Å². The summed E-state index contributed by atoms with van der Waals surface area (Å²) in [6.07, 6.45) is -0.00424. The molecule has 2 aliphatic heterocycles. The SMILES string of the molecule is COC(=O)N[C@H](C(=O)N1C[Si](C)(C)C[C@H]1c1ncc(-c2ccc(-c3ccc4c(ccc5nc([C@@H]6CC(F)CN6C(=O)[C@@H](NC(=O)OC)C(C)C)[nH]c54)c3)cc2)[nH]1)C(C)C. The zero-order valence-corrected chi connectivity index (χ0v) is 35.8. The van der Waals surface area contributed by atoms with E-state index in [1.165, 1.54) is 19.1 Å². The number of rotatable bonds is 10. The van der Waals surface area contributed by atoms with Crippen molar-refractivity contribution in [3.05, 3.63) is 72.4 Å². The molecule has 312 valence electrons. The lowest BCUT2D eigenvalue weighted by molar-refractivity contribution is -0.136. The first-order chi connectivity index (χ1) is 28.1. The number of aromatic nitrogens is 4. The summed E-state index contributed by atoms with van der Waals surface area (Å²) in [5.41, 5.74) is 5.34. The van der Waals surface area contributed by atoms with Gasteiger partial charge in [-0.25, -0.2) is 23.9 Å². The highest BCUT2D eigenvalue weighted by Crippen LogP contribution is 2.39. The molecule has 0 aliphatic carbocycles. The number of nitrogens with one attached hydrogen (secondary N) is 4. The number of ether oxygens (including phenoxy) is 2. The Hall–Kier alpha value is -5.77. The summed E-state index contributed by atoms with van der Waals surface area (Å²) >= 11 is 0. The maximum Gasteiger partial charge on any atom is 0.407 e. The van der Waals surface area contributed by atoms with Gasteiger partial charge >= 0.3 is 12.2 Å². The van der Waals surface area contributed by atoms with Gasteiger partial charge in [0.05, 0.1) is 63.8 Å². The predicted molar refractivity (Wildman–Crippen MR) is 226 cm³/mol. The summed E-state index contributed by atoms with van der Waals surface area (Å²) in [7, 11) is 0.762. The number of carbonyl (C=O) groups excluding carboxylic acids is 4. The number of H-pyrrole nitrogens is 2. The van der Waals surface area contributed by atoms with Crippen molar-refractivity contribution < 1.29 is 33.0 Å². The molecule has 2 fully saturated rings. The van der Waals surface area contributed by atoms with Crippen molar-refractivity contribution >= 4 is 53.9 Å². The van der Waals surface area contributed by atoms with Crippen LogP contribution in [0.2, 0.25) is 19.1 Å². The minimum Gasteiger partial charge on any atom is -0.453 e. The average Bonchev–Trinajstić information content (AvgIpc) is 4.02. The first-order valence-corrected chi connectivity index (χ1v) is 23.5. The molecule has 0 saturated carbocycles. The molecule has 2 aliphatic rings. The van der Waals surface area contributed by atoms with Gasteiger partial charge in [-0.05, 0) is 52.1 Å². The Morgan fingerprint density at radius 1 is 0.797 bits per heavy atom. The highest BCUT2D eigenvalue weighted by atomic mass is 28.3. The third kappa shape index (κ3) is 8.40. The molecule has 2 saturated heterocycles. The Morgan fingerprint density at radius 2 is 1.41 bits per heavy atom. The standard InChI is InChI=1S/C43H53FN8O6Si/c1-23(2)35(49-42(55)57-5)40(53)51-20-29(44)18-33(51)39-46-31-16-14-28-17-27(13-15-30(28)37(31)48-39)25-9-11-26(12-10-25)32-19-45-38(47-32)34-21-59(7,8)22-52(34)41(54)36(24(3)4)50-43(56)58-6/h9-17,19,23-24,29,33-36H,18,20-22H2,1-8H3,(H,45,47)(H,46,48)(H,49,55)(H,50,56)/t29?,33-,34-,35-,36-/m0/s1. The van der Waals surface area contributed by atoms with E-state index in [9.17, 15) is 23.6 Å². The number of alkyl halides is 1. The van der Waals surface area contributed by atoms with E-state index >= 15 is 0 Å². The number of amides is 4. The number of methoxy groups -OCH3 is 2. The fraction of sp³-hybridized carbons (Fsp3) is 0.442. The number of aromatic amines is 2. The second kappa shape index (κ2) is 16.5. The Morgan fingerprint density at radius 3 is 2.03 bits per heavy atom. The van der Waals surface area contributed by atoms with Crippen molar-refractivity contribution in [2.24, 2.45) is 11.8 Å². The van der Waals surface area contributed by atoms with E-state index in [4.69, 9.17) is 19.4 Å². The smallest absolute Gasteiger partial charge is 0.407 e. The summed E-state index contributed by atoms with van der Waals surface area (Å²) in [5.74, 6) is 0.346. The lowest BCUT2D eigenvalue weighted by atomic mass is 9.99. The van der Waals surface area contributed by atoms with Gasteiger partial charge in [-0.1, -0.05) is 83.3 Å². The molecule has 3 aromatic carbocycles. The van der Waals surface area contributed by atoms with Crippen molar-refractivity contribution in [1.29, 1.82) is 0 Å². The lowest BCUT2D eigenvalue weighted by Crippen LogP contribution is -2.52. The molecule has 1 unspecified atom stereocenters. The number of nitrogens with zero attached hydrogens (tertiary/aromatic N) is 4. The van der Waals surface area contributed by atoms with Crippen molar-refractivity contribution in [2.75, 3.05) is 26.9 Å². The van der Waals surface area contributed by atoms with E-state index in [1.807, 2.05) is 69.1 Å². The van der Waals surface area contributed by atoms with Crippen molar-refractivity contribution in [3.8, 4) is 22.4 Å². The Bertz CT molecular complexity index is 2380. The minimum atomic E-state index is -1.77. The van der Waals surface area contributed by atoms with Gasteiger partial charge in [-0.2, -0.15) is 0 Å². The third-order valence-electron chi connectivity index (χ3n) is 11.6. The number of fused-ring (bicyclic) bond motifs is 3. The van der Waals surface area contributed by atoms with Crippen LogP contribution in [0.15, 0.2) is 60.8 Å². The lowest BCUT2D eigenvalue weighted by Gasteiger charge is -2.30. The molecule has 4 amide bonds. The number of benzene rings is 3. The largest absolute Gasteiger partial charge is 0.453 e. The molecule has 0 spiro atoms. The van der Waals surface area contributed by atoms with Gasteiger partial charge in [-0.15, -0.1) is 0 Å². The monoisotopic (exact) mass is 824 g/mol. The molecule has 0 bridgehead atoms. The van der Waals surface area contributed by atoms with Crippen molar-refractivity contribution in [1.82, 2.24) is 40.4 Å². The Kier molecular flexibility index (Phi) is 11.6. The number of imidazole rings is 2. The van der Waals surface area contributed by atoms with Gasteiger partial charge in [0.2, 0.25) is 11.8 Å². The molecule has 0 radical (unpaired) electrons. The zero-order valence-electron chi connectivity index (χ0n) is 34.8. The molecule has 2 aromatic heterocycles. The molecule has 4 heterocycles. The highest BCUT2D eigenvalue weighted by Gasteiger charge is 2.46. The summed E-state index contributed by atoms with van der Waals surface area (Å²) in [4.78, 5) is 71.5. The van der Waals surface area contributed by atoms with Crippen LogP contribution in [-0.4, -0.2) is 107 Å². The van der Waals surface area contributed by atoms with Gasteiger partial charge in [0.15, 0.2) is 0 Å². The van der Waals surface area contributed by atoms with Crippen molar-refractivity contribution in [3.63, 3.8) is 0 Å². The van der Waals surface area contributed by atoms with E-state index in [1.54, 1.807) is 0 Å². The summed E-state index contributed by atoms with van der Waals surface area (Å²) in [6.45, 7) is 11.9. The highest BCUT2D eigenvalue weighted by molar-refractivity contribution is 6.78. The predicted octanol–water partition coefficient (Wildman–Crippen LogP) is 7.28. The molecule has 5 aromatic rings. The quantitative estimate of drug-likeness (QED) is 0.106. The fourth-order valence-corrected chi connectivity index (χ4v) is 11.3. The topological polar surface area (TPSA) is 175 Å². The summed E-state index contributed by atoms with van der Waals surface area (Å²) in [5, 5.41) is 7.27. The zero-order chi connectivity index (χ0) is 42.3. The molecule has 14 nitrogen and oxygen atoms in total. The molecule has 7 rings (SSSR count). The number of hydrogen-bond acceptors (Lipinski definition) is 8. The number of alkyl carbamates (subject to hydrolysis) is 2. The van der Waals surface area contributed by atoms with Crippen LogP contribution in [0, 0.1) is 11.8 Å². The van der Waals surface area contributed by atoms with E-state index in [0.717, 1.165) is 50.5 Å². The molecule has 59 heavy (non-hydrogen) atoms. The van der Waals surface area contributed by atoms with Crippen LogP contribution in [0.25, 0.3) is 44.2 Å². The van der Waals surface area contributed by atoms with Crippen molar-refractivity contribution in [2.45, 2.75) is 83.6 Å². The number of hydrogen-bond donors (Lipinski definition) is 4. The molecular weight excluding hydrogens is 772 g/mol. The van der Waals surface area contributed by atoms with Gasteiger partial charge in [0, 0.05) is 18.0 Å². The molecule has 16 heteroatoms. The normalized spacial score (nSPS) is 20.0. The second-order valence-corrected chi connectivity index (χ2v) is 22.2. The van der Waals surface area contributed by atoms with Crippen LogP contribution in [0.5, 0.6) is 0 Å². The van der Waals surface area contributed by atoms with E-state index in [0.29, 0.717) is 17.5 Å². The fourth-order valence-electron chi connectivity index (χ4n) is 8.45. The van der Waals surface area contributed by atoms with Crippen LogP contribution < -0.4 is 10.6 Å². The van der Waals surface area contributed by atoms with Crippen LogP contribution in [0.4, 0.5) is 14.0 Å². The summed E-state index contributed by atoms with van der Waals surface area (Å²) in [6, 6.07) is 16.8. The Balaban J connectivity index is 1.10. The van der Waals surface area contributed by atoms with Gasteiger partial charge in [0.25, 0.3) is 0 Å². The number of likely N-dealkylation sites (tertiary alicyclic amines) is 1. The number of carbonyl (C=O) groups is 4. The van der Waals surface area contributed by atoms with E-state index in [-0.39, 0.29) is 42.7 Å². The first kappa shape index (κ1) is 41.4. The molecular formula is C43H53FN8O6Si. The maximum atomic E-state index is 14.9. The second-order valence-electron chi connectivity index (χ2n) is 17.2. The van der Waals surface area contributed by atoms with E-state index < -0.39 is 44.6 Å². The van der Waals surface area contributed by atoms with Crippen LogP contribution in [-0.2, 0) is 19.1 Å². The minimum absolute atomic E-state index is 0.0899. The van der Waals surface area contributed by atoms with Gasteiger partial charge in [-0.3, -0.25) is 9.59 Å². The number of halogens is 1. The first-order valence-electron chi connectivity index (χ1n) is 20.1. The maximum absolute atomic E-state index is 14.9. The van der Waals surface area contributed by atoms with Gasteiger partial charge < -0.3 is 39.9 Å². The summed E-state index contributed by atoms with van der Waals surface area (Å²) < 4.78 is 24.5. The molecule has 4 N–H and O–H groups in total. The Labute approximate surface area is 343 Å². The third-order valence-corrected chi connectivity index (χ3v) is 14.3. The van der Waals surface area contributed by atoms with Gasteiger partial charge in [0.1, 0.15) is 29.9 Å².